The van der Waals surface area contributed by atoms with Crippen LogP contribution < -0.4 is 10.6 Å². The zero-order valence-corrected chi connectivity index (χ0v) is 20.9. The summed E-state index contributed by atoms with van der Waals surface area (Å²) in [7, 11) is 0. The smallest absolute Gasteiger partial charge is 0.255 e. The van der Waals surface area contributed by atoms with Crippen LogP contribution in [0, 0.1) is 17.6 Å². The molecule has 1 saturated carbocycles. The predicted molar refractivity (Wildman–Crippen MR) is 140 cm³/mol. The predicted octanol–water partition coefficient (Wildman–Crippen LogP) is 5.22. The van der Waals surface area contributed by atoms with E-state index in [0.717, 1.165) is 43.9 Å². The van der Waals surface area contributed by atoms with Crippen LogP contribution in [0.2, 0.25) is 0 Å². The molecule has 0 bridgehead atoms. The van der Waals surface area contributed by atoms with Gasteiger partial charge in [-0.3, -0.25) is 9.59 Å². The second kappa shape index (κ2) is 11.5. The third-order valence-corrected chi connectivity index (χ3v) is 7.00. The highest BCUT2D eigenvalue weighted by molar-refractivity contribution is 5.99. The summed E-state index contributed by atoms with van der Waals surface area (Å²) in [4.78, 5) is 34.2. The maximum absolute atomic E-state index is 13.9. The Morgan fingerprint density at radius 2 is 1.76 bits per heavy atom. The van der Waals surface area contributed by atoms with E-state index < -0.39 is 11.6 Å². The van der Waals surface area contributed by atoms with Crippen LogP contribution in [0.15, 0.2) is 67.1 Å². The standard InChI is InChI=1S/C29H29F2N5O2/c30-21-8-11-27-35-25(18-36(27)17-21)26(37)14-20-6-9-23(10-7-20)34-29(38)24-15-22(31)16-33-28(24)32-13-12-19-4-2-1-3-5-19/h1-5,8,11,15-18,20,23H,6-7,9-10,12-14H2,(H,32,33)(H,34,38). The number of fused-ring (bicyclic) bond motifs is 1. The molecule has 0 saturated heterocycles. The Bertz CT molecular complexity index is 1430. The highest BCUT2D eigenvalue weighted by atomic mass is 19.1. The van der Waals surface area contributed by atoms with Gasteiger partial charge >= 0.3 is 0 Å². The van der Waals surface area contributed by atoms with E-state index in [-0.39, 0.29) is 29.2 Å². The van der Waals surface area contributed by atoms with Crippen LogP contribution in [0.5, 0.6) is 0 Å². The van der Waals surface area contributed by atoms with Gasteiger partial charge in [0.2, 0.25) is 0 Å². The largest absolute Gasteiger partial charge is 0.369 e. The summed E-state index contributed by atoms with van der Waals surface area (Å²) in [5.74, 6) is -0.858. The van der Waals surface area contributed by atoms with Crippen molar-refractivity contribution in [2.24, 2.45) is 5.92 Å². The minimum absolute atomic E-state index is 0.0625. The molecular weight excluding hydrogens is 488 g/mol. The lowest BCUT2D eigenvalue weighted by atomic mass is 9.83. The molecule has 7 nitrogen and oxygen atoms in total. The van der Waals surface area contributed by atoms with Gasteiger partial charge in [0.05, 0.1) is 11.8 Å². The number of carbonyl (C=O) groups excluding carboxylic acids is 2. The summed E-state index contributed by atoms with van der Waals surface area (Å²) < 4.78 is 28.9. The van der Waals surface area contributed by atoms with E-state index in [0.29, 0.717) is 30.1 Å². The van der Waals surface area contributed by atoms with Crippen LogP contribution in [0.4, 0.5) is 14.6 Å². The summed E-state index contributed by atoms with van der Waals surface area (Å²) >= 11 is 0. The fraction of sp³-hybridized carbons (Fsp3) is 0.310. The molecule has 2 N–H and O–H groups in total. The van der Waals surface area contributed by atoms with Crippen LogP contribution in [0.1, 0.15) is 58.5 Å². The number of benzene rings is 1. The number of halogens is 2. The number of anilines is 1. The van der Waals surface area contributed by atoms with Crippen molar-refractivity contribution < 1.29 is 18.4 Å². The second-order valence-corrected chi connectivity index (χ2v) is 9.77. The Morgan fingerprint density at radius 3 is 2.55 bits per heavy atom. The van der Waals surface area contributed by atoms with Gasteiger partial charge in [-0.25, -0.2) is 18.7 Å². The lowest BCUT2D eigenvalue weighted by molar-refractivity contribution is 0.0895. The number of carbonyl (C=O) groups is 2. The zero-order valence-electron chi connectivity index (χ0n) is 20.9. The molecule has 3 aromatic heterocycles. The first-order valence-corrected chi connectivity index (χ1v) is 12.9. The molecule has 0 unspecified atom stereocenters. The number of aromatic nitrogens is 3. The molecule has 0 spiro atoms. The van der Waals surface area contributed by atoms with E-state index in [2.05, 4.69) is 20.6 Å². The molecule has 3 heterocycles. The molecule has 38 heavy (non-hydrogen) atoms. The van der Waals surface area contributed by atoms with E-state index in [9.17, 15) is 18.4 Å². The van der Waals surface area contributed by atoms with Gasteiger partial charge in [-0.1, -0.05) is 30.3 Å². The molecule has 5 rings (SSSR count). The Labute approximate surface area is 219 Å². The molecule has 9 heteroatoms. The number of amides is 1. The molecule has 196 valence electrons. The summed E-state index contributed by atoms with van der Waals surface area (Å²) in [5, 5.41) is 6.18. The van der Waals surface area contributed by atoms with Crippen molar-refractivity contribution in [2.75, 3.05) is 11.9 Å². The van der Waals surface area contributed by atoms with Gasteiger partial charge in [0.25, 0.3) is 5.91 Å². The molecule has 4 aromatic rings. The first-order valence-electron chi connectivity index (χ1n) is 12.9. The highest BCUT2D eigenvalue weighted by Crippen LogP contribution is 2.28. The maximum atomic E-state index is 13.9. The Kier molecular flexibility index (Phi) is 7.72. The number of nitrogens with zero attached hydrogens (tertiary/aromatic N) is 3. The summed E-state index contributed by atoms with van der Waals surface area (Å²) in [6, 6.07) is 13.9. The molecule has 1 amide bonds. The molecule has 0 aliphatic heterocycles. The van der Waals surface area contributed by atoms with E-state index in [1.54, 1.807) is 12.3 Å². The minimum atomic E-state index is -0.569. The lowest BCUT2D eigenvalue weighted by Gasteiger charge is -2.28. The number of hydrogen-bond donors (Lipinski definition) is 2. The fourth-order valence-corrected chi connectivity index (χ4v) is 4.96. The number of hydrogen-bond acceptors (Lipinski definition) is 5. The van der Waals surface area contributed by atoms with Gasteiger partial charge < -0.3 is 15.0 Å². The lowest BCUT2D eigenvalue weighted by Crippen LogP contribution is -2.38. The fourth-order valence-electron chi connectivity index (χ4n) is 4.96. The Morgan fingerprint density at radius 1 is 0.974 bits per heavy atom. The molecule has 1 aromatic carbocycles. The minimum Gasteiger partial charge on any atom is -0.369 e. The van der Waals surface area contributed by atoms with E-state index in [1.165, 1.54) is 22.7 Å². The van der Waals surface area contributed by atoms with E-state index in [4.69, 9.17) is 0 Å². The van der Waals surface area contributed by atoms with E-state index >= 15 is 0 Å². The van der Waals surface area contributed by atoms with Crippen molar-refractivity contribution in [3.8, 4) is 0 Å². The first kappa shape index (κ1) is 25.5. The van der Waals surface area contributed by atoms with Crippen LogP contribution in [0.3, 0.4) is 0 Å². The topological polar surface area (TPSA) is 88.4 Å². The van der Waals surface area contributed by atoms with E-state index in [1.807, 2.05) is 30.3 Å². The van der Waals surface area contributed by atoms with Gasteiger partial charge in [-0.15, -0.1) is 0 Å². The average molecular weight is 518 g/mol. The third kappa shape index (κ3) is 6.22. The maximum Gasteiger partial charge on any atom is 0.255 e. The molecule has 1 fully saturated rings. The summed E-state index contributed by atoms with van der Waals surface area (Å²) in [5.41, 5.74) is 2.19. The van der Waals surface area contributed by atoms with Gasteiger partial charge in [0.1, 0.15) is 28.8 Å². The number of Topliss-reactive ketones (excluding diaryl/α,β-unsaturated/α-hetero) is 1. The molecule has 0 radical (unpaired) electrons. The molecule has 0 atom stereocenters. The third-order valence-electron chi connectivity index (χ3n) is 7.00. The van der Waals surface area contributed by atoms with Gasteiger partial charge in [0, 0.05) is 31.4 Å². The number of nitrogens with one attached hydrogen (secondary N) is 2. The van der Waals surface area contributed by atoms with Crippen molar-refractivity contribution in [1.29, 1.82) is 0 Å². The van der Waals surface area contributed by atoms with Crippen LogP contribution in [-0.4, -0.2) is 38.6 Å². The first-order chi connectivity index (χ1) is 18.4. The summed E-state index contributed by atoms with van der Waals surface area (Å²) in [6.45, 7) is 0.559. The Balaban J connectivity index is 1.13. The summed E-state index contributed by atoms with van der Waals surface area (Å²) in [6.07, 6.45) is 8.06. The quantitative estimate of drug-likeness (QED) is 0.297. The van der Waals surface area contributed by atoms with Crippen molar-refractivity contribution in [2.45, 2.75) is 44.6 Å². The average Bonchev–Trinajstić information content (AvgIpc) is 3.35. The van der Waals surface area contributed by atoms with Gasteiger partial charge in [0.15, 0.2) is 5.78 Å². The van der Waals surface area contributed by atoms with Crippen LogP contribution in [0.25, 0.3) is 5.65 Å². The molecule has 1 aliphatic rings. The van der Waals surface area contributed by atoms with Crippen molar-refractivity contribution in [3.63, 3.8) is 0 Å². The van der Waals surface area contributed by atoms with Crippen LogP contribution in [-0.2, 0) is 6.42 Å². The van der Waals surface area contributed by atoms with Crippen molar-refractivity contribution >= 4 is 23.2 Å². The molecule has 1 aliphatic carbocycles. The monoisotopic (exact) mass is 517 g/mol. The SMILES string of the molecule is O=C(CC1CCC(NC(=O)c2cc(F)cnc2NCCc2ccccc2)CC1)c1cn2cc(F)ccc2n1. The number of pyridine rings is 2. The number of rotatable bonds is 9. The van der Waals surface area contributed by atoms with Crippen molar-refractivity contribution in [3.05, 3.63) is 95.6 Å². The van der Waals surface area contributed by atoms with Crippen molar-refractivity contribution in [1.82, 2.24) is 19.7 Å². The zero-order chi connectivity index (χ0) is 26.5. The second-order valence-electron chi connectivity index (χ2n) is 9.77. The number of imidazole rings is 1. The highest BCUT2D eigenvalue weighted by Gasteiger charge is 2.26. The van der Waals surface area contributed by atoms with Gasteiger partial charge in [-0.2, -0.15) is 0 Å². The van der Waals surface area contributed by atoms with Crippen LogP contribution >= 0.6 is 0 Å². The normalized spacial score (nSPS) is 17.3. The number of ketones is 1. The van der Waals surface area contributed by atoms with Gasteiger partial charge in [-0.05, 0) is 61.8 Å². The Hall–Kier alpha value is -4.14. The molecular formula is C29H29F2N5O2.